The molecule has 0 aromatic heterocycles. The predicted octanol–water partition coefficient (Wildman–Crippen LogP) is 4.17. The van der Waals surface area contributed by atoms with E-state index in [1.54, 1.807) is 17.0 Å². The molecule has 28 heavy (non-hydrogen) atoms. The average molecular weight is 397 g/mol. The van der Waals surface area contributed by atoms with Crippen molar-refractivity contribution in [2.75, 3.05) is 18.4 Å². The zero-order valence-electron chi connectivity index (χ0n) is 15.7. The van der Waals surface area contributed by atoms with E-state index in [0.717, 1.165) is 0 Å². The minimum Gasteiger partial charge on any atom is -0.342 e. The fourth-order valence-electron chi connectivity index (χ4n) is 4.17. The zero-order valence-corrected chi connectivity index (χ0v) is 15.7. The van der Waals surface area contributed by atoms with Gasteiger partial charge in [-0.25, -0.2) is 4.79 Å². The van der Waals surface area contributed by atoms with E-state index in [9.17, 15) is 22.8 Å². The Hall–Kier alpha value is -2.25. The second-order valence-electron chi connectivity index (χ2n) is 7.60. The van der Waals surface area contributed by atoms with Gasteiger partial charge in [0, 0.05) is 30.7 Å². The lowest BCUT2D eigenvalue weighted by molar-refractivity contribution is -0.201. The van der Waals surface area contributed by atoms with Crippen molar-refractivity contribution < 1.29 is 22.8 Å². The number of carbonyl (C=O) groups excluding carboxylic acids is 2. The molecule has 1 aromatic rings. The summed E-state index contributed by atoms with van der Waals surface area (Å²) in [4.78, 5) is 26.3. The molecule has 1 saturated carbocycles. The van der Waals surface area contributed by atoms with Crippen molar-refractivity contribution in [1.29, 1.82) is 0 Å². The van der Waals surface area contributed by atoms with Crippen molar-refractivity contribution in [3.63, 3.8) is 0 Å². The van der Waals surface area contributed by atoms with Gasteiger partial charge in [-0.15, -0.1) is 0 Å². The molecule has 0 spiro atoms. The van der Waals surface area contributed by atoms with Gasteiger partial charge in [0.2, 0.25) is 5.91 Å². The normalized spacial score (nSPS) is 23.9. The number of para-hydroxylation sites is 1. The Kier molecular flexibility index (Phi) is 6.46. The smallest absolute Gasteiger partial charge is 0.342 e. The molecule has 3 amide bonds. The van der Waals surface area contributed by atoms with E-state index >= 15 is 0 Å². The average Bonchev–Trinajstić information content (AvgIpc) is 2.68. The number of nitrogens with zero attached hydrogens (tertiary/aromatic N) is 1. The molecule has 0 bridgehead atoms. The molecule has 5 nitrogen and oxygen atoms in total. The maximum absolute atomic E-state index is 13.3. The van der Waals surface area contributed by atoms with E-state index in [0.29, 0.717) is 50.9 Å². The highest BCUT2D eigenvalue weighted by molar-refractivity contribution is 5.89. The molecule has 1 saturated heterocycles. The summed E-state index contributed by atoms with van der Waals surface area (Å²) in [6.45, 7) is 0.742. The van der Waals surface area contributed by atoms with E-state index in [-0.39, 0.29) is 24.4 Å². The van der Waals surface area contributed by atoms with E-state index in [2.05, 4.69) is 10.6 Å². The van der Waals surface area contributed by atoms with Gasteiger partial charge in [-0.2, -0.15) is 13.2 Å². The number of halogens is 3. The van der Waals surface area contributed by atoms with Crippen LogP contribution in [0.3, 0.4) is 0 Å². The number of nitrogens with one attached hydrogen (secondary N) is 2. The number of likely N-dealkylation sites (tertiary alicyclic amines) is 1. The van der Waals surface area contributed by atoms with E-state index in [1.165, 1.54) is 0 Å². The first-order valence-corrected chi connectivity index (χ1v) is 9.82. The third kappa shape index (κ3) is 5.17. The summed E-state index contributed by atoms with van der Waals surface area (Å²) in [6.07, 6.45) is -1.71. The Morgan fingerprint density at radius 3 is 2.25 bits per heavy atom. The monoisotopic (exact) mass is 397 g/mol. The Labute approximate surface area is 162 Å². The first-order chi connectivity index (χ1) is 13.3. The summed E-state index contributed by atoms with van der Waals surface area (Å²) in [6, 6.07) is 8.63. The van der Waals surface area contributed by atoms with Gasteiger partial charge in [0.1, 0.15) is 0 Å². The number of alkyl halides is 3. The molecule has 1 aromatic carbocycles. The number of hydrogen-bond acceptors (Lipinski definition) is 2. The first-order valence-electron chi connectivity index (χ1n) is 9.82. The number of hydrogen-bond donors (Lipinski definition) is 2. The van der Waals surface area contributed by atoms with E-state index in [1.807, 2.05) is 18.2 Å². The third-order valence-corrected chi connectivity index (χ3v) is 5.68. The van der Waals surface area contributed by atoms with Crippen LogP contribution in [0.5, 0.6) is 0 Å². The van der Waals surface area contributed by atoms with Crippen LogP contribution in [0, 0.1) is 11.8 Å². The molecule has 1 heterocycles. The van der Waals surface area contributed by atoms with Crippen molar-refractivity contribution in [2.24, 2.45) is 11.8 Å². The fourth-order valence-corrected chi connectivity index (χ4v) is 4.17. The molecule has 1 aliphatic heterocycles. The number of carbonyl (C=O) groups is 2. The van der Waals surface area contributed by atoms with Gasteiger partial charge in [0.25, 0.3) is 0 Å². The molecule has 2 unspecified atom stereocenters. The second-order valence-corrected chi connectivity index (χ2v) is 7.60. The summed E-state index contributed by atoms with van der Waals surface area (Å²) in [7, 11) is 0. The quantitative estimate of drug-likeness (QED) is 0.804. The highest BCUT2D eigenvalue weighted by atomic mass is 19.4. The highest BCUT2D eigenvalue weighted by Gasteiger charge is 2.49. The summed E-state index contributed by atoms with van der Waals surface area (Å²) in [5, 5.41) is 5.61. The number of urea groups is 1. The number of benzene rings is 1. The molecule has 2 fully saturated rings. The van der Waals surface area contributed by atoms with Gasteiger partial charge >= 0.3 is 12.2 Å². The number of piperidine rings is 1. The molecule has 0 radical (unpaired) electrons. The SMILES string of the molecule is O=C(Nc1ccccc1)NC1CCN(C(=O)C2CCCCC2C(F)(F)F)CC1. The Bertz CT molecular complexity index is 673. The Morgan fingerprint density at radius 2 is 1.61 bits per heavy atom. The van der Waals surface area contributed by atoms with Gasteiger partial charge < -0.3 is 15.5 Å². The standard InChI is InChI=1S/C20H26F3N3O2/c21-20(22,23)17-9-5-4-8-16(17)18(27)26-12-10-15(11-13-26)25-19(28)24-14-6-2-1-3-7-14/h1-3,6-7,15-17H,4-5,8-13H2,(H2,24,25,28). The first kappa shape index (κ1) is 20.5. The van der Waals surface area contributed by atoms with Crippen molar-refractivity contribution in [3.05, 3.63) is 30.3 Å². The van der Waals surface area contributed by atoms with E-state index < -0.39 is 18.0 Å². The maximum atomic E-state index is 13.3. The molecule has 2 atom stereocenters. The topological polar surface area (TPSA) is 61.4 Å². The molecule has 2 N–H and O–H groups in total. The van der Waals surface area contributed by atoms with Crippen molar-refractivity contribution >= 4 is 17.6 Å². The largest absolute Gasteiger partial charge is 0.392 e. The predicted molar refractivity (Wildman–Crippen MR) is 99.7 cm³/mol. The van der Waals surface area contributed by atoms with Crippen LogP contribution < -0.4 is 10.6 Å². The Balaban J connectivity index is 1.49. The van der Waals surface area contributed by atoms with Gasteiger partial charge in [0.15, 0.2) is 0 Å². The number of amides is 3. The zero-order chi connectivity index (χ0) is 20.1. The van der Waals surface area contributed by atoms with Gasteiger partial charge in [0.05, 0.1) is 5.92 Å². The molecule has 8 heteroatoms. The minimum atomic E-state index is -4.32. The summed E-state index contributed by atoms with van der Waals surface area (Å²) in [5.74, 6) is -2.87. The van der Waals surface area contributed by atoms with E-state index in [4.69, 9.17) is 0 Å². The van der Waals surface area contributed by atoms with Crippen molar-refractivity contribution in [1.82, 2.24) is 10.2 Å². The molecule has 1 aliphatic carbocycles. The van der Waals surface area contributed by atoms with Gasteiger partial charge in [-0.3, -0.25) is 4.79 Å². The summed E-state index contributed by atoms with van der Waals surface area (Å²) < 4.78 is 39.8. The lowest BCUT2D eigenvalue weighted by Crippen LogP contribution is -2.51. The molecule has 3 rings (SSSR count). The van der Waals surface area contributed by atoms with Crippen LogP contribution >= 0.6 is 0 Å². The van der Waals surface area contributed by atoms with Crippen LogP contribution in [-0.2, 0) is 4.79 Å². The Morgan fingerprint density at radius 1 is 0.964 bits per heavy atom. The van der Waals surface area contributed by atoms with Crippen LogP contribution in [0.4, 0.5) is 23.7 Å². The van der Waals surface area contributed by atoms with Crippen molar-refractivity contribution in [2.45, 2.75) is 50.7 Å². The lowest BCUT2D eigenvalue weighted by atomic mass is 9.77. The highest BCUT2D eigenvalue weighted by Crippen LogP contribution is 2.42. The van der Waals surface area contributed by atoms with Gasteiger partial charge in [-0.05, 0) is 37.8 Å². The molecular weight excluding hydrogens is 371 g/mol. The van der Waals surface area contributed by atoms with Crippen LogP contribution in [0.2, 0.25) is 0 Å². The fraction of sp³-hybridized carbons (Fsp3) is 0.600. The molecule has 2 aliphatic rings. The molecular formula is C20H26F3N3O2. The van der Waals surface area contributed by atoms with Crippen LogP contribution in [-0.4, -0.2) is 42.1 Å². The number of anilines is 1. The third-order valence-electron chi connectivity index (χ3n) is 5.68. The second kappa shape index (κ2) is 8.84. The molecule has 154 valence electrons. The summed E-state index contributed by atoms with van der Waals surface area (Å²) >= 11 is 0. The number of rotatable bonds is 3. The van der Waals surface area contributed by atoms with Crippen LogP contribution in [0.1, 0.15) is 38.5 Å². The summed E-state index contributed by atoms with van der Waals surface area (Å²) in [5.41, 5.74) is 0.683. The van der Waals surface area contributed by atoms with Crippen LogP contribution in [0.15, 0.2) is 30.3 Å². The van der Waals surface area contributed by atoms with Gasteiger partial charge in [-0.1, -0.05) is 31.0 Å². The van der Waals surface area contributed by atoms with Crippen molar-refractivity contribution in [3.8, 4) is 0 Å². The maximum Gasteiger partial charge on any atom is 0.392 e. The minimum absolute atomic E-state index is 0.0393. The van der Waals surface area contributed by atoms with Crippen LogP contribution in [0.25, 0.3) is 0 Å². The lowest BCUT2D eigenvalue weighted by Gasteiger charge is -2.38.